The zero-order valence-corrected chi connectivity index (χ0v) is 40.9. The summed E-state index contributed by atoms with van der Waals surface area (Å²) in [6.45, 7) is 9.00. The Balaban J connectivity index is 4.29. The second-order valence-corrected chi connectivity index (χ2v) is 19.0. The lowest BCUT2D eigenvalue weighted by Crippen LogP contribution is -2.30. The second kappa shape index (κ2) is 48.4. The lowest BCUT2D eigenvalue weighted by molar-refractivity contribution is -0.167. The highest BCUT2D eigenvalue weighted by Crippen LogP contribution is 2.17. The standard InChI is InChI=1S/C54H104O6/c1-5-7-9-11-13-15-17-19-21-22-23-25-27-29-35-39-43-47-54(57)60-51(49-59-53(56)46-42-38-34-31-30-32-36-40-44-50(3)4)48-58-52(55)45-41-37-33-28-26-24-20-18-16-14-12-10-8-6-2/h50-51H,5-49H2,1-4H3/t51-/m1/s1. The van der Waals surface area contributed by atoms with E-state index in [0.717, 1.165) is 63.7 Å². The predicted octanol–water partition coefficient (Wildman–Crippen LogP) is 17.5. The summed E-state index contributed by atoms with van der Waals surface area (Å²) < 4.78 is 16.8. The van der Waals surface area contributed by atoms with Gasteiger partial charge in [-0.05, 0) is 25.2 Å². The van der Waals surface area contributed by atoms with Crippen LogP contribution in [0.1, 0.15) is 304 Å². The van der Waals surface area contributed by atoms with E-state index >= 15 is 0 Å². The van der Waals surface area contributed by atoms with Gasteiger partial charge < -0.3 is 14.2 Å². The van der Waals surface area contributed by atoms with Crippen LogP contribution in [0.5, 0.6) is 0 Å². The van der Waals surface area contributed by atoms with E-state index in [4.69, 9.17) is 14.2 Å². The monoisotopic (exact) mass is 849 g/mol. The molecule has 0 spiro atoms. The third-order valence-corrected chi connectivity index (χ3v) is 12.3. The summed E-state index contributed by atoms with van der Waals surface area (Å²) in [5, 5.41) is 0. The van der Waals surface area contributed by atoms with E-state index in [2.05, 4.69) is 27.7 Å². The summed E-state index contributed by atoms with van der Waals surface area (Å²) in [5.74, 6) is -0.0468. The van der Waals surface area contributed by atoms with Crippen LogP contribution in [-0.2, 0) is 28.6 Å². The number of rotatable bonds is 49. The molecule has 0 heterocycles. The van der Waals surface area contributed by atoms with Crippen molar-refractivity contribution in [3.8, 4) is 0 Å². The summed E-state index contributed by atoms with van der Waals surface area (Å²) in [6, 6.07) is 0. The Labute approximate surface area is 374 Å². The van der Waals surface area contributed by atoms with E-state index in [1.807, 2.05) is 0 Å². The Morgan fingerprint density at radius 3 is 0.817 bits per heavy atom. The second-order valence-electron chi connectivity index (χ2n) is 19.0. The zero-order chi connectivity index (χ0) is 43.8. The first kappa shape index (κ1) is 58.4. The summed E-state index contributed by atoms with van der Waals surface area (Å²) >= 11 is 0. The molecule has 0 aromatic heterocycles. The summed E-state index contributed by atoms with van der Waals surface area (Å²) in [7, 11) is 0. The van der Waals surface area contributed by atoms with Gasteiger partial charge in [-0.15, -0.1) is 0 Å². The van der Waals surface area contributed by atoms with Crippen LogP contribution in [0.25, 0.3) is 0 Å². The van der Waals surface area contributed by atoms with Gasteiger partial charge in [-0.3, -0.25) is 14.4 Å². The van der Waals surface area contributed by atoms with Gasteiger partial charge in [0.15, 0.2) is 6.10 Å². The van der Waals surface area contributed by atoms with E-state index in [1.165, 1.54) is 199 Å². The van der Waals surface area contributed by atoms with Crippen LogP contribution in [0.2, 0.25) is 0 Å². The molecule has 60 heavy (non-hydrogen) atoms. The Morgan fingerprint density at radius 1 is 0.317 bits per heavy atom. The molecule has 0 N–H and O–H groups in total. The predicted molar refractivity (Wildman–Crippen MR) is 257 cm³/mol. The van der Waals surface area contributed by atoms with Gasteiger partial charge >= 0.3 is 17.9 Å². The minimum atomic E-state index is -0.761. The lowest BCUT2D eigenvalue weighted by Gasteiger charge is -2.18. The molecule has 0 rings (SSSR count). The molecule has 6 heteroatoms. The maximum absolute atomic E-state index is 12.8. The van der Waals surface area contributed by atoms with Gasteiger partial charge in [0.25, 0.3) is 0 Å². The molecular weight excluding hydrogens is 745 g/mol. The largest absolute Gasteiger partial charge is 0.462 e. The molecule has 0 amide bonds. The van der Waals surface area contributed by atoms with Crippen molar-refractivity contribution in [1.82, 2.24) is 0 Å². The summed E-state index contributed by atoms with van der Waals surface area (Å²) in [6.07, 6.45) is 50.9. The molecule has 0 saturated carbocycles. The minimum Gasteiger partial charge on any atom is -0.462 e. The minimum absolute atomic E-state index is 0.0628. The molecule has 0 aliphatic carbocycles. The normalized spacial score (nSPS) is 11.9. The van der Waals surface area contributed by atoms with Crippen LogP contribution in [0.15, 0.2) is 0 Å². The number of unbranched alkanes of at least 4 members (excludes halogenated alkanes) is 36. The van der Waals surface area contributed by atoms with Crippen LogP contribution in [0.3, 0.4) is 0 Å². The van der Waals surface area contributed by atoms with Crippen molar-refractivity contribution in [2.45, 2.75) is 310 Å². The number of ether oxygens (including phenoxy) is 3. The van der Waals surface area contributed by atoms with Gasteiger partial charge in [0.1, 0.15) is 13.2 Å². The van der Waals surface area contributed by atoms with Crippen molar-refractivity contribution in [2.24, 2.45) is 5.92 Å². The van der Waals surface area contributed by atoms with Crippen LogP contribution < -0.4 is 0 Å². The first-order valence-electron chi connectivity index (χ1n) is 26.9. The molecular formula is C54H104O6. The van der Waals surface area contributed by atoms with Gasteiger partial charge in [-0.1, -0.05) is 265 Å². The molecule has 1 atom stereocenters. The average Bonchev–Trinajstić information content (AvgIpc) is 3.23. The SMILES string of the molecule is CCCCCCCCCCCCCCCCCCCC(=O)O[C@H](COC(=O)CCCCCCCCCCCCCCCC)COC(=O)CCCCCCCCCCC(C)C. The van der Waals surface area contributed by atoms with Crippen molar-refractivity contribution < 1.29 is 28.6 Å². The molecule has 0 aliphatic rings. The average molecular weight is 849 g/mol. The molecule has 6 nitrogen and oxygen atoms in total. The fraction of sp³-hybridized carbons (Fsp3) is 0.944. The Bertz CT molecular complexity index is 903. The summed E-state index contributed by atoms with van der Waals surface area (Å²) in [4.78, 5) is 38.0. The number of carbonyl (C=O) groups excluding carboxylic acids is 3. The Morgan fingerprint density at radius 2 is 0.550 bits per heavy atom. The third kappa shape index (κ3) is 47.5. The maximum atomic E-state index is 12.8. The lowest BCUT2D eigenvalue weighted by atomic mass is 10.0. The van der Waals surface area contributed by atoms with Crippen molar-refractivity contribution in [3.05, 3.63) is 0 Å². The highest BCUT2D eigenvalue weighted by Gasteiger charge is 2.19. The van der Waals surface area contributed by atoms with Gasteiger partial charge in [0.05, 0.1) is 0 Å². The first-order chi connectivity index (χ1) is 29.4. The molecule has 356 valence electrons. The number of hydrogen-bond acceptors (Lipinski definition) is 6. The van der Waals surface area contributed by atoms with Crippen molar-refractivity contribution >= 4 is 17.9 Å². The molecule has 0 bridgehead atoms. The first-order valence-corrected chi connectivity index (χ1v) is 26.9. The highest BCUT2D eigenvalue weighted by molar-refractivity contribution is 5.71. The molecule has 0 saturated heterocycles. The topological polar surface area (TPSA) is 78.9 Å². The smallest absolute Gasteiger partial charge is 0.306 e. The molecule has 0 fully saturated rings. The van der Waals surface area contributed by atoms with Gasteiger partial charge in [-0.25, -0.2) is 0 Å². The van der Waals surface area contributed by atoms with Crippen LogP contribution >= 0.6 is 0 Å². The van der Waals surface area contributed by atoms with Gasteiger partial charge in [0, 0.05) is 19.3 Å². The molecule has 0 aromatic carbocycles. The van der Waals surface area contributed by atoms with E-state index in [1.54, 1.807) is 0 Å². The highest BCUT2D eigenvalue weighted by atomic mass is 16.6. The molecule has 0 aliphatic heterocycles. The van der Waals surface area contributed by atoms with Crippen LogP contribution in [-0.4, -0.2) is 37.2 Å². The summed E-state index contributed by atoms with van der Waals surface area (Å²) in [5.41, 5.74) is 0. The van der Waals surface area contributed by atoms with Crippen molar-refractivity contribution in [1.29, 1.82) is 0 Å². The van der Waals surface area contributed by atoms with E-state index in [-0.39, 0.29) is 31.1 Å². The third-order valence-electron chi connectivity index (χ3n) is 12.3. The van der Waals surface area contributed by atoms with Crippen LogP contribution in [0.4, 0.5) is 0 Å². The molecule has 0 unspecified atom stereocenters. The molecule has 0 aromatic rings. The van der Waals surface area contributed by atoms with E-state index in [0.29, 0.717) is 19.3 Å². The van der Waals surface area contributed by atoms with Crippen LogP contribution in [0, 0.1) is 5.92 Å². The number of carbonyl (C=O) groups is 3. The van der Waals surface area contributed by atoms with E-state index < -0.39 is 6.10 Å². The van der Waals surface area contributed by atoms with Gasteiger partial charge in [0.2, 0.25) is 0 Å². The fourth-order valence-corrected chi connectivity index (χ4v) is 8.22. The zero-order valence-electron chi connectivity index (χ0n) is 40.9. The fourth-order valence-electron chi connectivity index (χ4n) is 8.22. The Hall–Kier alpha value is -1.59. The quantitative estimate of drug-likeness (QED) is 0.0345. The van der Waals surface area contributed by atoms with Crippen molar-refractivity contribution in [2.75, 3.05) is 13.2 Å². The van der Waals surface area contributed by atoms with Crippen molar-refractivity contribution in [3.63, 3.8) is 0 Å². The number of hydrogen-bond donors (Lipinski definition) is 0. The van der Waals surface area contributed by atoms with E-state index in [9.17, 15) is 14.4 Å². The number of esters is 3. The van der Waals surface area contributed by atoms with Gasteiger partial charge in [-0.2, -0.15) is 0 Å². The Kier molecular flexibility index (Phi) is 47.2. The maximum Gasteiger partial charge on any atom is 0.306 e. The molecule has 0 radical (unpaired) electrons.